The molecule has 0 amide bonds. The molecule has 1 aliphatic heterocycles. The maximum Gasteiger partial charge on any atom is 0.330 e. The second kappa shape index (κ2) is 10.0. The summed E-state index contributed by atoms with van der Waals surface area (Å²) in [5.74, 6) is -2.34. The second-order valence-corrected chi connectivity index (χ2v) is 8.31. The first kappa shape index (κ1) is 21.6. The van der Waals surface area contributed by atoms with E-state index in [0.717, 1.165) is 18.2 Å². The summed E-state index contributed by atoms with van der Waals surface area (Å²) in [4.78, 5) is 48.5. The summed E-state index contributed by atoms with van der Waals surface area (Å²) in [7, 11) is 0. The molecule has 0 aromatic heterocycles. The number of Topliss-reactive ketones (excluding diaryl/α,β-unsaturated/α-hetero) is 1. The van der Waals surface area contributed by atoms with Gasteiger partial charge < -0.3 is 10.1 Å². The highest BCUT2D eigenvalue weighted by molar-refractivity contribution is 8.14. The molecule has 2 unspecified atom stereocenters. The molecule has 27 heavy (non-hydrogen) atoms. The van der Waals surface area contributed by atoms with Crippen LogP contribution in [0.3, 0.4) is 0 Å². The molecule has 8 heteroatoms. The summed E-state index contributed by atoms with van der Waals surface area (Å²) in [6.07, 6.45) is 1.45. The number of carbonyl (C=O) groups is 4. The third-order valence-corrected chi connectivity index (χ3v) is 5.81. The molecular weight excluding hydrogens is 390 g/mol. The molecule has 1 aromatic carbocycles. The van der Waals surface area contributed by atoms with Gasteiger partial charge >= 0.3 is 11.9 Å². The Bertz CT molecular complexity index is 715. The van der Waals surface area contributed by atoms with Crippen molar-refractivity contribution in [3.8, 4) is 0 Å². The lowest BCUT2D eigenvalue weighted by Crippen LogP contribution is -2.37. The monoisotopic (exact) mass is 411 g/mol. The average molecular weight is 412 g/mol. The Morgan fingerprint density at radius 2 is 1.93 bits per heavy atom. The van der Waals surface area contributed by atoms with Gasteiger partial charge in [0.05, 0.1) is 5.92 Å². The summed E-state index contributed by atoms with van der Waals surface area (Å²) < 4.78 is 4.97. The van der Waals surface area contributed by atoms with Gasteiger partial charge in [0.2, 0.25) is 0 Å². The van der Waals surface area contributed by atoms with Gasteiger partial charge in [0, 0.05) is 29.2 Å². The molecule has 1 N–H and O–H groups in total. The van der Waals surface area contributed by atoms with Crippen molar-refractivity contribution >= 4 is 46.2 Å². The first-order valence-corrected chi connectivity index (χ1v) is 9.98. The zero-order chi connectivity index (χ0) is 20.0. The Morgan fingerprint density at radius 1 is 1.26 bits per heavy atom. The fraction of sp³-hybridized carbons (Fsp3) is 0.474. The normalized spacial score (nSPS) is 18.6. The molecule has 146 valence electrons. The highest BCUT2D eigenvalue weighted by Crippen LogP contribution is 2.27. The molecule has 1 saturated heterocycles. The number of nitrogens with one attached hydrogen (secondary N) is 1. The molecular formula is C19H22ClNO5S. The zero-order valence-corrected chi connectivity index (χ0v) is 16.8. The van der Waals surface area contributed by atoms with Gasteiger partial charge in [-0.3, -0.25) is 14.4 Å². The predicted octanol–water partition coefficient (Wildman–Crippen LogP) is 3.02. The molecule has 0 saturated carbocycles. The Morgan fingerprint density at radius 3 is 2.48 bits per heavy atom. The molecule has 1 heterocycles. The predicted molar refractivity (Wildman–Crippen MR) is 104 cm³/mol. The van der Waals surface area contributed by atoms with Crippen molar-refractivity contribution in [3.05, 3.63) is 34.9 Å². The van der Waals surface area contributed by atoms with Crippen LogP contribution in [0.1, 0.15) is 43.5 Å². The molecule has 0 radical (unpaired) electrons. The van der Waals surface area contributed by atoms with Crippen molar-refractivity contribution in [1.29, 1.82) is 0 Å². The highest BCUT2D eigenvalue weighted by atomic mass is 35.5. The molecule has 1 aliphatic rings. The quantitative estimate of drug-likeness (QED) is 0.419. The summed E-state index contributed by atoms with van der Waals surface area (Å²) in [6.45, 7) is 3.64. The maximum absolute atomic E-state index is 12.5. The van der Waals surface area contributed by atoms with Gasteiger partial charge in [-0.1, -0.05) is 30.3 Å². The molecule has 6 nitrogen and oxygen atoms in total. The molecule has 2 rings (SSSR count). The summed E-state index contributed by atoms with van der Waals surface area (Å²) in [6, 6.07) is 5.92. The molecule has 1 fully saturated rings. The van der Waals surface area contributed by atoms with Crippen molar-refractivity contribution < 1.29 is 23.9 Å². The van der Waals surface area contributed by atoms with Crippen LogP contribution in [0.25, 0.3) is 0 Å². The number of hydrogen-bond donors (Lipinski definition) is 1. The molecule has 1 aromatic rings. The van der Waals surface area contributed by atoms with Crippen LogP contribution < -0.4 is 5.32 Å². The van der Waals surface area contributed by atoms with Crippen LogP contribution in [0.2, 0.25) is 5.02 Å². The van der Waals surface area contributed by atoms with Crippen molar-refractivity contribution in [2.24, 2.45) is 5.92 Å². The van der Waals surface area contributed by atoms with Gasteiger partial charge in [-0.05, 0) is 43.7 Å². The minimum Gasteiger partial charge on any atom is -0.392 e. The number of rotatable bonds is 7. The van der Waals surface area contributed by atoms with Crippen LogP contribution in [0.15, 0.2) is 24.3 Å². The van der Waals surface area contributed by atoms with Crippen LogP contribution in [0.5, 0.6) is 0 Å². The summed E-state index contributed by atoms with van der Waals surface area (Å²) in [5, 5.41) is 2.64. The van der Waals surface area contributed by atoms with E-state index in [1.54, 1.807) is 31.2 Å². The molecule has 0 bridgehead atoms. The van der Waals surface area contributed by atoms with Gasteiger partial charge in [-0.15, -0.1) is 0 Å². The minimum atomic E-state index is -0.791. The van der Waals surface area contributed by atoms with Gasteiger partial charge in [-0.2, -0.15) is 0 Å². The van der Waals surface area contributed by atoms with Crippen molar-refractivity contribution in [1.82, 2.24) is 5.32 Å². The highest BCUT2D eigenvalue weighted by Gasteiger charge is 2.33. The molecule has 0 spiro atoms. The lowest BCUT2D eigenvalue weighted by atomic mass is 9.99. The number of ether oxygens (including phenoxy) is 1. The lowest BCUT2D eigenvalue weighted by molar-refractivity contribution is -0.163. The number of ketones is 1. The van der Waals surface area contributed by atoms with Gasteiger partial charge in [0.1, 0.15) is 6.04 Å². The fourth-order valence-corrected chi connectivity index (χ4v) is 3.87. The van der Waals surface area contributed by atoms with Crippen molar-refractivity contribution in [2.75, 3.05) is 6.54 Å². The number of hydrogen-bond acceptors (Lipinski definition) is 7. The number of thioether (sulfide) groups is 1. The van der Waals surface area contributed by atoms with Gasteiger partial charge in [0.25, 0.3) is 0 Å². The van der Waals surface area contributed by atoms with E-state index >= 15 is 0 Å². The average Bonchev–Trinajstić information content (AvgIpc) is 3.15. The van der Waals surface area contributed by atoms with Crippen molar-refractivity contribution in [2.45, 2.75) is 44.4 Å². The third-order valence-electron chi connectivity index (χ3n) is 4.35. The summed E-state index contributed by atoms with van der Waals surface area (Å²) >= 11 is 6.73. The Kier molecular flexibility index (Phi) is 8.01. The van der Waals surface area contributed by atoms with Crippen LogP contribution >= 0.6 is 23.4 Å². The first-order chi connectivity index (χ1) is 12.8. The van der Waals surface area contributed by atoms with E-state index in [0.29, 0.717) is 23.6 Å². The van der Waals surface area contributed by atoms with E-state index in [1.807, 2.05) is 0 Å². The molecule has 3 atom stereocenters. The number of esters is 2. The topological polar surface area (TPSA) is 89.5 Å². The minimum absolute atomic E-state index is 0.0297. The largest absolute Gasteiger partial charge is 0.392 e. The van der Waals surface area contributed by atoms with Crippen LogP contribution in [-0.2, 0) is 19.1 Å². The Balaban J connectivity index is 2.03. The van der Waals surface area contributed by atoms with Crippen LogP contribution in [0.4, 0.5) is 0 Å². The van der Waals surface area contributed by atoms with E-state index in [1.165, 1.54) is 6.92 Å². The second-order valence-electron chi connectivity index (χ2n) is 6.46. The van der Waals surface area contributed by atoms with E-state index in [2.05, 4.69) is 5.32 Å². The SMILES string of the molecule is CC(=O)SC(CC(=O)c1ccc(Cl)cc1)C(C)C(=O)OC(=O)[C@@H]1CCCN1. The third kappa shape index (κ3) is 6.45. The fourth-order valence-electron chi connectivity index (χ4n) is 2.77. The Labute approximate surface area is 167 Å². The van der Waals surface area contributed by atoms with Crippen LogP contribution in [0, 0.1) is 5.92 Å². The smallest absolute Gasteiger partial charge is 0.330 e. The van der Waals surface area contributed by atoms with Crippen molar-refractivity contribution in [3.63, 3.8) is 0 Å². The van der Waals surface area contributed by atoms with Gasteiger partial charge in [-0.25, -0.2) is 4.79 Å². The number of carbonyl (C=O) groups excluding carboxylic acids is 4. The standard InChI is InChI=1S/C19H22ClNO5S/c1-11(18(24)26-19(25)15-4-3-9-21-15)17(27-12(2)22)10-16(23)13-5-7-14(20)8-6-13/h5-8,11,15,17,21H,3-4,9-10H2,1-2H3/t11?,15-,17?/m0/s1. The van der Waals surface area contributed by atoms with E-state index in [-0.39, 0.29) is 17.3 Å². The summed E-state index contributed by atoms with van der Waals surface area (Å²) in [5.41, 5.74) is 0.445. The van der Waals surface area contributed by atoms with Gasteiger partial charge in [0.15, 0.2) is 10.9 Å². The van der Waals surface area contributed by atoms with E-state index in [9.17, 15) is 19.2 Å². The molecule has 0 aliphatic carbocycles. The van der Waals surface area contributed by atoms with E-state index in [4.69, 9.17) is 16.3 Å². The van der Waals surface area contributed by atoms with Crippen LogP contribution in [-0.4, -0.2) is 40.7 Å². The van der Waals surface area contributed by atoms with E-state index < -0.39 is 29.1 Å². The number of halogens is 1. The Hall–Kier alpha value is -1.70. The zero-order valence-electron chi connectivity index (χ0n) is 15.2. The first-order valence-electron chi connectivity index (χ1n) is 8.73. The maximum atomic E-state index is 12.5. The lowest BCUT2D eigenvalue weighted by Gasteiger charge is -2.21. The number of benzene rings is 1.